The summed E-state index contributed by atoms with van der Waals surface area (Å²) in [6.07, 6.45) is -0.446. The van der Waals surface area contributed by atoms with E-state index in [4.69, 9.17) is 10.2 Å². The largest absolute Gasteiger partial charge is 1.00 e. The molecule has 0 spiro atoms. The van der Waals surface area contributed by atoms with E-state index in [-0.39, 0.29) is 75.7 Å². The van der Waals surface area contributed by atoms with Gasteiger partial charge in [-0.3, -0.25) is 9.59 Å². The van der Waals surface area contributed by atoms with Gasteiger partial charge >= 0.3 is 41.5 Å². The monoisotopic (exact) mass is 568 g/mol. The zero-order valence-electron chi connectivity index (χ0n) is 7.05. The molecule has 2 N–H and O–H groups in total. The van der Waals surface area contributed by atoms with Gasteiger partial charge in [0.05, 0.1) is 6.42 Å². The first-order valence-electron chi connectivity index (χ1n) is 2.16. The molecule has 0 saturated carbocycles. The second-order valence-electron chi connectivity index (χ2n) is 1.45. The van der Waals surface area contributed by atoms with Crippen LogP contribution in [0.4, 0.5) is 0 Å². The van der Waals surface area contributed by atoms with Crippen LogP contribution in [0.2, 0.25) is 0 Å². The van der Waals surface area contributed by atoms with Crippen molar-refractivity contribution >= 4 is 24.6 Å². The maximum absolute atomic E-state index is 9.90. The second-order valence-corrected chi connectivity index (χ2v) is 2.08. The third-order valence-corrected chi connectivity index (χ3v) is 1.06. The van der Waals surface area contributed by atoms with Gasteiger partial charge in [-0.25, -0.2) is 0 Å². The Morgan fingerprint density at radius 2 is 1.67 bits per heavy atom. The summed E-state index contributed by atoms with van der Waals surface area (Å²) in [6, 6.07) is 0. The molecule has 1 atom stereocenters. The number of aliphatic carboxylic acids is 2. The Morgan fingerprint density at radius 1 is 1.33 bits per heavy atom. The molecule has 0 heterocycles. The van der Waals surface area contributed by atoms with Crippen molar-refractivity contribution in [3.05, 3.63) is 0 Å². The van der Waals surface area contributed by atoms with Crippen LogP contribution >= 0.6 is 12.6 Å². The third-order valence-electron chi connectivity index (χ3n) is 0.653. The molecular weight excluding hydrogens is 561 g/mol. The summed E-state index contributed by atoms with van der Waals surface area (Å²) in [5.74, 6) is -2.36. The summed E-state index contributed by atoms with van der Waals surface area (Å²) in [4.78, 5) is 19.7. The zero-order valence-corrected chi connectivity index (χ0v) is 13.3. The molecule has 1 unspecified atom stereocenters. The van der Waals surface area contributed by atoms with Gasteiger partial charge in [0.2, 0.25) is 0 Å². The van der Waals surface area contributed by atoms with E-state index in [2.05, 4.69) is 12.6 Å². The van der Waals surface area contributed by atoms with Crippen molar-refractivity contribution in [1.29, 1.82) is 0 Å². The quantitative estimate of drug-likeness (QED) is 0.250. The van der Waals surface area contributed by atoms with Crippen LogP contribution in [0.3, 0.4) is 0 Å². The van der Waals surface area contributed by atoms with Crippen molar-refractivity contribution in [2.45, 2.75) is 11.7 Å². The van der Waals surface area contributed by atoms with Gasteiger partial charge in [0.15, 0.2) is 0 Å². The number of carbonyl (C=O) groups is 2. The van der Waals surface area contributed by atoms with Gasteiger partial charge in [0.25, 0.3) is 0 Å². The fourth-order valence-corrected chi connectivity index (χ4v) is 0.409. The Balaban J connectivity index is -0.0000000533. The van der Waals surface area contributed by atoms with Crippen LogP contribution in [0.15, 0.2) is 0 Å². The Hall–Kier alpha value is 1.77. The number of rotatable bonds is 3. The first kappa shape index (κ1) is 23.5. The minimum Gasteiger partial charge on any atom is -1.00 e. The van der Waals surface area contributed by atoms with Crippen LogP contribution in [0.25, 0.3) is 0 Å². The minimum absolute atomic E-state index is 0. The van der Waals surface area contributed by atoms with Crippen LogP contribution in [-0.2, 0) is 54.3 Å². The molecule has 12 heavy (non-hydrogen) atoms. The fraction of sp³-hybridized carbons (Fsp3) is 0.500. The predicted molar refractivity (Wildman–Crippen MR) is 33.8 cm³/mol. The van der Waals surface area contributed by atoms with E-state index in [1.807, 2.05) is 0 Å². The second kappa shape index (κ2) is 12.8. The first-order chi connectivity index (χ1) is 4.04. The van der Waals surface area contributed by atoms with Crippen LogP contribution < -0.4 is 29.6 Å². The van der Waals surface area contributed by atoms with E-state index < -0.39 is 23.6 Å². The SMILES string of the molecule is O=C(O)CC(S)C(=O)O.[Au].[Au].[H-].[Na+]. The summed E-state index contributed by atoms with van der Waals surface area (Å²) >= 11 is 3.48. The molecule has 0 aromatic rings. The Kier molecular flexibility index (Phi) is 25.0. The summed E-state index contributed by atoms with van der Waals surface area (Å²) in [5, 5.41) is 15.0. The van der Waals surface area contributed by atoms with Crippen LogP contribution in [0.1, 0.15) is 7.85 Å². The molecule has 0 saturated heterocycles. The van der Waals surface area contributed by atoms with Crippen LogP contribution in [0, 0.1) is 0 Å². The first-order valence-corrected chi connectivity index (χ1v) is 2.68. The average Bonchev–Trinajstić information content (AvgIpc) is 1.63. The van der Waals surface area contributed by atoms with Gasteiger partial charge in [-0.15, -0.1) is 0 Å². The summed E-state index contributed by atoms with van der Waals surface area (Å²) in [7, 11) is 0. The minimum atomic E-state index is -1.21. The van der Waals surface area contributed by atoms with Crippen molar-refractivity contribution < 1.29 is 95.5 Å². The summed E-state index contributed by atoms with van der Waals surface area (Å²) < 4.78 is 0. The third kappa shape index (κ3) is 14.3. The standard InChI is InChI=1S/C4H6O4S.2Au.Na.H/c5-3(6)1-2(9)4(7)8;;;;/h2,9H,1H2,(H,5,6)(H,7,8);;;;/q;;;+1;-1. The molecule has 0 bridgehead atoms. The maximum Gasteiger partial charge on any atom is 1.00 e. The van der Waals surface area contributed by atoms with Gasteiger partial charge in [0.1, 0.15) is 5.25 Å². The zero-order chi connectivity index (χ0) is 7.44. The number of carboxylic acid groups (broad SMARTS) is 2. The fourth-order valence-electron chi connectivity index (χ4n) is 0.253. The predicted octanol–water partition coefficient (Wildman–Crippen LogP) is -3.04. The molecule has 0 fully saturated rings. The van der Waals surface area contributed by atoms with E-state index >= 15 is 0 Å². The molecular formula is C4H7Au2NaO4S. The number of hydrogen-bond donors (Lipinski definition) is 3. The summed E-state index contributed by atoms with van der Waals surface area (Å²) in [6.45, 7) is 0. The van der Waals surface area contributed by atoms with E-state index in [9.17, 15) is 9.59 Å². The van der Waals surface area contributed by atoms with Gasteiger partial charge in [0, 0.05) is 44.8 Å². The molecule has 0 rings (SSSR count). The molecule has 0 aliphatic rings. The van der Waals surface area contributed by atoms with E-state index in [0.29, 0.717) is 0 Å². The van der Waals surface area contributed by atoms with E-state index in [1.165, 1.54) is 0 Å². The van der Waals surface area contributed by atoms with E-state index in [1.54, 1.807) is 0 Å². The Bertz CT molecular complexity index is 150. The van der Waals surface area contributed by atoms with Crippen LogP contribution in [-0.4, -0.2) is 27.4 Å². The number of thiol groups is 1. The van der Waals surface area contributed by atoms with Gasteiger partial charge in [-0.2, -0.15) is 12.6 Å². The normalized spacial score (nSPS) is 9.42. The molecule has 76 valence electrons. The molecule has 2 radical (unpaired) electrons. The molecule has 0 aliphatic heterocycles. The molecule has 0 aromatic heterocycles. The number of hydrogen-bond acceptors (Lipinski definition) is 3. The maximum atomic E-state index is 9.90. The van der Waals surface area contributed by atoms with Crippen molar-refractivity contribution in [3.63, 3.8) is 0 Å². The Morgan fingerprint density at radius 3 is 1.75 bits per heavy atom. The van der Waals surface area contributed by atoms with Crippen molar-refractivity contribution in [1.82, 2.24) is 0 Å². The topological polar surface area (TPSA) is 74.6 Å². The summed E-state index contributed by atoms with van der Waals surface area (Å²) in [5.41, 5.74) is 0. The molecule has 4 nitrogen and oxygen atoms in total. The van der Waals surface area contributed by atoms with Crippen molar-refractivity contribution in [2.24, 2.45) is 0 Å². The smallest absolute Gasteiger partial charge is 1.00 e. The van der Waals surface area contributed by atoms with Crippen molar-refractivity contribution in [3.8, 4) is 0 Å². The van der Waals surface area contributed by atoms with Gasteiger partial charge in [-0.05, 0) is 0 Å². The Labute approximate surface area is 130 Å². The average molecular weight is 568 g/mol. The van der Waals surface area contributed by atoms with Gasteiger partial charge in [-0.1, -0.05) is 0 Å². The molecule has 0 amide bonds. The van der Waals surface area contributed by atoms with Gasteiger partial charge < -0.3 is 11.6 Å². The van der Waals surface area contributed by atoms with Crippen LogP contribution in [0.5, 0.6) is 0 Å². The molecule has 0 aliphatic carbocycles. The molecule has 8 heteroatoms. The molecule has 0 aromatic carbocycles. The van der Waals surface area contributed by atoms with E-state index in [0.717, 1.165) is 0 Å². The number of carboxylic acids is 2. The van der Waals surface area contributed by atoms with Crippen molar-refractivity contribution in [2.75, 3.05) is 0 Å².